The minimum Gasteiger partial charge on any atom is -1.00 e. The summed E-state index contributed by atoms with van der Waals surface area (Å²) < 4.78 is 2.38. The van der Waals surface area contributed by atoms with Crippen molar-refractivity contribution in [1.29, 1.82) is 0 Å². The molecule has 1 aliphatic carbocycles. The van der Waals surface area contributed by atoms with E-state index >= 15 is 0 Å². The molecule has 0 spiro atoms. The molecule has 1 aliphatic rings. The van der Waals surface area contributed by atoms with Gasteiger partial charge in [-0.1, -0.05) is 19.3 Å². The van der Waals surface area contributed by atoms with Crippen LogP contribution in [0.5, 0.6) is 0 Å². The van der Waals surface area contributed by atoms with Gasteiger partial charge in [-0.25, -0.2) is 0 Å². The topological polar surface area (TPSA) is 0 Å². The summed E-state index contributed by atoms with van der Waals surface area (Å²) in [6, 6.07) is 0. The Morgan fingerprint density at radius 3 is 1.36 bits per heavy atom. The zero-order chi connectivity index (χ0) is 15.3. The quantitative estimate of drug-likeness (QED) is 0.246. The number of halogens is 2. The normalized spacial score (nSPS) is 18.3. The molecule has 1 fully saturated rings. The molecule has 0 unspecified atom stereocenters. The van der Waals surface area contributed by atoms with Crippen LogP contribution in [0.3, 0.4) is 0 Å². The van der Waals surface area contributed by atoms with Crippen LogP contribution in [0.15, 0.2) is 0 Å². The first kappa shape index (κ1) is 25.6. The van der Waals surface area contributed by atoms with E-state index < -0.39 is 0 Å². The highest BCUT2D eigenvalue weighted by Gasteiger charge is 2.35. The maximum absolute atomic E-state index is 2.39. The first-order valence-electron chi connectivity index (χ1n) is 8.88. The average Bonchev–Trinajstić information content (AvgIpc) is 2.45. The molecular weight excluding hydrogens is 498 g/mol. The first-order valence-corrected chi connectivity index (χ1v) is 8.88. The van der Waals surface area contributed by atoms with Crippen LogP contribution in [0.25, 0.3) is 0 Å². The molecule has 0 amide bonds. The third-order valence-corrected chi connectivity index (χ3v) is 6.12. The summed E-state index contributed by atoms with van der Waals surface area (Å²) in [7, 11) is 9.57. The summed E-state index contributed by atoms with van der Waals surface area (Å²) >= 11 is 0. The highest BCUT2D eigenvalue weighted by molar-refractivity contribution is 4.82. The standard InChI is InChI=1S/C18H40N2.2HI/c1-7-19(3,4)16-14-18(12-10-9-11-13-18)15-17-20(5,6)8-2;;/h7-17H2,1-6H3;2*1H/q+2;;/p-2. The van der Waals surface area contributed by atoms with Crippen molar-refractivity contribution in [3.63, 3.8) is 0 Å². The highest BCUT2D eigenvalue weighted by Crippen LogP contribution is 2.43. The first-order chi connectivity index (χ1) is 9.24. The van der Waals surface area contributed by atoms with Gasteiger partial charge in [-0.05, 0) is 32.1 Å². The molecule has 136 valence electrons. The van der Waals surface area contributed by atoms with Gasteiger partial charge in [0.1, 0.15) is 0 Å². The van der Waals surface area contributed by atoms with E-state index in [4.69, 9.17) is 0 Å². The van der Waals surface area contributed by atoms with Crippen LogP contribution in [0, 0.1) is 5.41 Å². The number of hydrogen-bond acceptors (Lipinski definition) is 0. The predicted octanol–water partition coefficient (Wildman–Crippen LogP) is -2.08. The zero-order valence-corrected chi connectivity index (χ0v) is 20.2. The van der Waals surface area contributed by atoms with Gasteiger partial charge in [0, 0.05) is 12.8 Å². The van der Waals surface area contributed by atoms with Gasteiger partial charge in [0.15, 0.2) is 0 Å². The monoisotopic (exact) mass is 538 g/mol. The Bertz CT molecular complexity index is 263. The second-order valence-electron chi connectivity index (χ2n) is 8.51. The smallest absolute Gasteiger partial charge is 0.0787 e. The predicted molar refractivity (Wildman–Crippen MR) is 89.8 cm³/mol. The SMILES string of the molecule is CC[N+](C)(C)CCC1(CC[N+](C)(C)CC)CCCCC1.[I-].[I-]. The van der Waals surface area contributed by atoms with Gasteiger partial charge in [-0.15, -0.1) is 0 Å². The average molecular weight is 538 g/mol. The Labute approximate surface area is 174 Å². The minimum atomic E-state index is 0. The Kier molecular flexibility index (Phi) is 12.9. The third-order valence-electron chi connectivity index (χ3n) is 6.12. The number of hydrogen-bond donors (Lipinski definition) is 0. The molecule has 0 saturated heterocycles. The molecule has 0 aromatic carbocycles. The van der Waals surface area contributed by atoms with E-state index in [1.807, 2.05) is 0 Å². The van der Waals surface area contributed by atoms with Gasteiger partial charge < -0.3 is 56.9 Å². The van der Waals surface area contributed by atoms with Crippen LogP contribution >= 0.6 is 0 Å². The van der Waals surface area contributed by atoms with E-state index in [1.54, 1.807) is 0 Å². The van der Waals surface area contributed by atoms with Gasteiger partial charge in [0.05, 0.1) is 54.4 Å². The van der Waals surface area contributed by atoms with Gasteiger partial charge in [-0.3, -0.25) is 0 Å². The van der Waals surface area contributed by atoms with Crippen molar-refractivity contribution in [3.05, 3.63) is 0 Å². The summed E-state index contributed by atoms with van der Waals surface area (Å²) in [4.78, 5) is 0. The Hall–Kier alpha value is 1.38. The lowest BCUT2D eigenvalue weighted by Crippen LogP contribution is -3.00. The van der Waals surface area contributed by atoms with Crippen molar-refractivity contribution < 1.29 is 56.9 Å². The molecule has 0 heterocycles. The summed E-state index contributed by atoms with van der Waals surface area (Å²) in [6.45, 7) is 9.88. The van der Waals surface area contributed by atoms with Crippen LogP contribution in [0.4, 0.5) is 0 Å². The zero-order valence-electron chi connectivity index (χ0n) is 15.9. The van der Waals surface area contributed by atoms with E-state index in [0.717, 1.165) is 0 Å². The fourth-order valence-electron chi connectivity index (χ4n) is 3.32. The third kappa shape index (κ3) is 9.02. The van der Waals surface area contributed by atoms with Gasteiger partial charge in [-0.2, -0.15) is 0 Å². The van der Waals surface area contributed by atoms with Crippen LogP contribution in [0.2, 0.25) is 0 Å². The molecule has 0 bridgehead atoms. The lowest BCUT2D eigenvalue weighted by atomic mass is 9.69. The Morgan fingerprint density at radius 2 is 1.05 bits per heavy atom. The Morgan fingerprint density at radius 1 is 0.682 bits per heavy atom. The molecule has 0 N–H and O–H groups in total. The maximum atomic E-state index is 2.39. The number of quaternary nitrogens is 2. The second kappa shape index (κ2) is 11.1. The lowest BCUT2D eigenvalue weighted by Gasteiger charge is -2.42. The highest BCUT2D eigenvalue weighted by atomic mass is 127. The van der Waals surface area contributed by atoms with Crippen molar-refractivity contribution >= 4 is 0 Å². The van der Waals surface area contributed by atoms with Crippen LogP contribution in [-0.4, -0.2) is 63.3 Å². The molecule has 0 aromatic heterocycles. The maximum Gasteiger partial charge on any atom is 0.0787 e. The number of rotatable bonds is 8. The van der Waals surface area contributed by atoms with E-state index in [9.17, 15) is 0 Å². The molecule has 1 rings (SSSR count). The molecule has 1 saturated carbocycles. The Balaban J connectivity index is 0. The van der Waals surface area contributed by atoms with E-state index in [0.29, 0.717) is 5.41 Å². The van der Waals surface area contributed by atoms with Crippen LogP contribution in [0.1, 0.15) is 58.8 Å². The summed E-state index contributed by atoms with van der Waals surface area (Å²) in [6.07, 6.45) is 10.3. The molecule has 0 atom stereocenters. The van der Waals surface area contributed by atoms with Gasteiger partial charge in [0.2, 0.25) is 0 Å². The van der Waals surface area contributed by atoms with Crippen molar-refractivity contribution in [2.45, 2.75) is 58.8 Å². The van der Waals surface area contributed by atoms with E-state index in [2.05, 4.69) is 42.0 Å². The summed E-state index contributed by atoms with van der Waals surface area (Å²) in [5.74, 6) is 0. The van der Waals surface area contributed by atoms with Gasteiger partial charge in [0.25, 0.3) is 0 Å². The van der Waals surface area contributed by atoms with Crippen molar-refractivity contribution in [2.24, 2.45) is 5.41 Å². The second-order valence-corrected chi connectivity index (χ2v) is 8.51. The van der Waals surface area contributed by atoms with Crippen molar-refractivity contribution in [2.75, 3.05) is 54.4 Å². The van der Waals surface area contributed by atoms with Gasteiger partial charge >= 0.3 is 0 Å². The summed E-state index contributed by atoms with van der Waals surface area (Å²) in [5.41, 5.74) is 0.660. The number of nitrogens with zero attached hydrogens (tertiary/aromatic N) is 2. The molecule has 2 nitrogen and oxygen atoms in total. The molecular formula is C18H40I2N2. The van der Waals surface area contributed by atoms with Crippen LogP contribution < -0.4 is 48.0 Å². The van der Waals surface area contributed by atoms with Crippen molar-refractivity contribution in [3.8, 4) is 0 Å². The van der Waals surface area contributed by atoms with Crippen molar-refractivity contribution in [1.82, 2.24) is 0 Å². The molecule has 0 aromatic rings. The van der Waals surface area contributed by atoms with E-state index in [-0.39, 0.29) is 48.0 Å². The molecule has 0 radical (unpaired) electrons. The fraction of sp³-hybridized carbons (Fsp3) is 1.00. The molecule has 4 heteroatoms. The van der Waals surface area contributed by atoms with Crippen LogP contribution in [-0.2, 0) is 0 Å². The lowest BCUT2D eigenvalue weighted by molar-refractivity contribution is -0.892. The summed E-state index contributed by atoms with van der Waals surface area (Å²) in [5, 5.41) is 0. The molecule has 0 aliphatic heterocycles. The molecule has 22 heavy (non-hydrogen) atoms. The van der Waals surface area contributed by atoms with E-state index in [1.165, 1.54) is 80.1 Å². The fourth-order valence-corrected chi connectivity index (χ4v) is 3.32. The minimum absolute atomic E-state index is 0. The largest absolute Gasteiger partial charge is 1.00 e.